The van der Waals surface area contributed by atoms with Crippen molar-refractivity contribution < 1.29 is 24.2 Å². The maximum Gasteiger partial charge on any atom is 0.163 e. The molecule has 136 valence electrons. The Morgan fingerprint density at radius 1 is 1.04 bits per heavy atom. The van der Waals surface area contributed by atoms with Gasteiger partial charge in [-0.1, -0.05) is 6.07 Å². The van der Waals surface area contributed by atoms with Gasteiger partial charge in [0.25, 0.3) is 0 Å². The van der Waals surface area contributed by atoms with E-state index in [4.69, 9.17) is 9.47 Å². The average Bonchev–Trinajstić information content (AvgIpc) is 2.63. The van der Waals surface area contributed by atoms with Crippen LogP contribution in [0.1, 0.15) is 56.9 Å². The largest absolute Gasteiger partial charge is 0.504 e. The quantitative estimate of drug-likeness (QED) is 0.891. The first-order valence-corrected chi connectivity index (χ1v) is 9.26. The molecule has 1 aliphatic heterocycles. The smallest absolute Gasteiger partial charge is 0.163 e. The highest BCUT2D eigenvalue weighted by atomic mass is 16.5. The molecule has 0 unspecified atom stereocenters. The fourth-order valence-corrected chi connectivity index (χ4v) is 4.13. The van der Waals surface area contributed by atoms with Crippen LogP contribution in [-0.4, -0.2) is 23.3 Å². The average molecular weight is 354 g/mol. The van der Waals surface area contributed by atoms with Crippen molar-refractivity contribution in [3.8, 4) is 11.5 Å². The van der Waals surface area contributed by atoms with E-state index in [0.29, 0.717) is 47.9 Å². The number of carbonyl (C=O) groups excluding carboxylic acids is 2. The molecule has 0 bridgehead atoms. The predicted molar refractivity (Wildman–Crippen MR) is 94.9 cm³/mol. The molecular weight excluding hydrogens is 332 g/mol. The normalized spacial score (nSPS) is 20.7. The first-order valence-electron chi connectivity index (χ1n) is 9.26. The molecule has 5 nitrogen and oxygen atoms in total. The molecule has 1 heterocycles. The highest BCUT2D eigenvalue weighted by molar-refractivity contribution is 6.05. The highest BCUT2D eigenvalue weighted by Gasteiger charge is 2.41. The number of Topliss-reactive ketones (excluding diaryl/α,β-unsaturated/α-hetero) is 2. The van der Waals surface area contributed by atoms with Crippen LogP contribution in [0.25, 0.3) is 0 Å². The number of benzene rings is 1. The Morgan fingerprint density at radius 2 is 1.65 bits per heavy atom. The van der Waals surface area contributed by atoms with Gasteiger partial charge in [-0.15, -0.1) is 0 Å². The summed E-state index contributed by atoms with van der Waals surface area (Å²) in [7, 11) is 0. The summed E-state index contributed by atoms with van der Waals surface area (Å²) < 4.78 is 11.5. The minimum absolute atomic E-state index is 0.0483. The van der Waals surface area contributed by atoms with Crippen molar-refractivity contribution in [3.05, 3.63) is 46.4 Å². The van der Waals surface area contributed by atoms with Gasteiger partial charge < -0.3 is 14.6 Å². The maximum atomic E-state index is 12.7. The van der Waals surface area contributed by atoms with Crippen molar-refractivity contribution in [2.75, 3.05) is 6.61 Å². The minimum atomic E-state index is -0.422. The van der Waals surface area contributed by atoms with E-state index in [0.717, 1.165) is 31.2 Å². The van der Waals surface area contributed by atoms with Crippen molar-refractivity contribution in [2.24, 2.45) is 0 Å². The number of phenols is 1. The number of rotatable bonds is 3. The van der Waals surface area contributed by atoms with Crippen LogP contribution >= 0.6 is 0 Å². The molecule has 5 heteroatoms. The summed E-state index contributed by atoms with van der Waals surface area (Å²) in [6.07, 6.45) is 3.96. The van der Waals surface area contributed by atoms with Gasteiger partial charge >= 0.3 is 0 Å². The van der Waals surface area contributed by atoms with Gasteiger partial charge in [-0.05, 0) is 37.5 Å². The SMILES string of the molecule is CCOc1cc(C2C3=C(CCCC3=O)OC3=C2C(=O)CCC3)ccc1O. The predicted octanol–water partition coefficient (Wildman–Crippen LogP) is 3.92. The van der Waals surface area contributed by atoms with Crippen molar-refractivity contribution >= 4 is 11.6 Å². The van der Waals surface area contributed by atoms with Gasteiger partial charge in [0.05, 0.1) is 6.61 Å². The lowest BCUT2D eigenvalue weighted by molar-refractivity contribution is -0.117. The van der Waals surface area contributed by atoms with Crippen LogP contribution in [0, 0.1) is 0 Å². The third-order valence-corrected chi connectivity index (χ3v) is 5.26. The molecule has 0 atom stereocenters. The minimum Gasteiger partial charge on any atom is -0.504 e. The van der Waals surface area contributed by atoms with E-state index in [9.17, 15) is 14.7 Å². The second-order valence-electron chi connectivity index (χ2n) is 6.92. The lowest BCUT2D eigenvalue weighted by Gasteiger charge is -2.36. The van der Waals surface area contributed by atoms with E-state index >= 15 is 0 Å². The molecule has 26 heavy (non-hydrogen) atoms. The Morgan fingerprint density at radius 3 is 2.23 bits per heavy atom. The zero-order valence-electron chi connectivity index (χ0n) is 14.8. The first kappa shape index (κ1) is 16.9. The van der Waals surface area contributed by atoms with E-state index < -0.39 is 5.92 Å². The van der Waals surface area contributed by atoms with Crippen LogP contribution in [0.15, 0.2) is 40.9 Å². The molecule has 0 spiro atoms. The Bertz CT molecular complexity index is 804. The number of carbonyl (C=O) groups is 2. The molecule has 1 N–H and O–H groups in total. The van der Waals surface area contributed by atoms with Gasteiger partial charge in [0.2, 0.25) is 0 Å². The van der Waals surface area contributed by atoms with Crippen LogP contribution in [0.5, 0.6) is 11.5 Å². The fraction of sp³-hybridized carbons (Fsp3) is 0.429. The standard InChI is InChI=1S/C21H22O5/c1-2-25-18-11-12(9-10-13(18)22)19-20-14(23)5-3-7-16(20)26-17-8-4-6-15(24)21(17)19/h9-11,19,22H,2-8H2,1H3. The number of hydrogen-bond donors (Lipinski definition) is 1. The Hall–Kier alpha value is -2.56. The van der Waals surface area contributed by atoms with Crippen molar-refractivity contribution in [1.82, 2.24) is 0 Å². The number of ether oxygens (including phenoxy) is 2. The first-order chi connectivity index (χ1) is 12.6. The van der Waals surface area contributed by atoms with E-state index in [1.54, 1.807) is 18.2 Å². The van der Waals surface area contributed by atoms with Gasteiger partial charge in [-0.2, -0.15) is 0 Å². The monoisotopic (exact) mass is 354 g/mol. The summed E-state index contributed by atoms with van der Waals surface area (Å²) in [6, 6.07) is 5.08. The topological polar surface area (TPSA) is 72.8 Å². The number of allylic oxidation sites excluding steroid dienone is 4. The molecule has 3 aliphatic rings. The summed E-state index contributed by atoms with van der Waals surface area (Å²) >= 11 is 0. The number of ketones is 2. The summed E-state index contributed by atoms with van der Waals surface area (Å²) in [4.78, 5) is 25.4. The van der Waals surface area contributed by atoms with Gasteiger partial charge in [0.15, 0.2) is 23.1 Å². The molecule has 1 aromatic rings. The molecule has 0 fully saturated rings. The molecular formula is C21H22O5. The van der Waals surface area contributed by atoms with Gasteiger partial charge in [0.1, 0.15) is 11.5 Å². The highest BCUT2D eigenvalue weighted by Crippen LogP contribution is 2.48. The van der Waals surface area contributed by atoms with E-state index in [1.807, 2.05) is 6.92 Å². The third-order valence-electron chi connectivity index (χ3n) is 5.26. The van der Waals surface area contributed by atoms with Crippen LogP contribution in [-0.2, 0) is 14.3 Å². The molecule has 0 saturated carbocycles. The van der Waals surface area contributed by atoms with Crippen LogP contribution < -0.4 is 4.74 Å². The third kappa shape index (κ3) is 2.71. The van der Waals surface area contributed by atoms with Gasteiger partial charge in [-0.25, -0.2) is 0 Å². The van der Waals surface area contributed by atoms with E-state index in [-0.39, 0.29) is 17.3 Å². The van der Waals surface area contributed by atoms with Crippen molar-refractivity contribution in [1.29, 1.82) is 0 Å². The molecule has 0 aromatic heterocycles. The molecule has 4 rings (SSSR count). The van der Waals surface area contributed by atoms with Crippen LogP contribution in [0.3, 0.4) is 0 Å². The Balaban J connectivity index is 1.88. The van der Waals surface area contributed by atoms with Gasteiger partial charge in [-0.3, -0.25) is 9.59 Å². The van der Waals surface area contributed by atoms with Crippen molar-refractivity contribution in [2.45, 2.75) is 51.4 Å². The zero-order chi connectivity index (χ0) is 18.3. The van der Waals surface area contributed by atoms with Crippen LogP contribution in [0.4, 0.5) is 0 Å². The molecule has 0 saturated heterocycles. The molecule has 0 radical (unpaired) electrons. The summed E-state index contributed by atoms with van der Waals surface area (Å²) in [5.41, 5.74) is 2.01. The summed E-state index contributed by atoms with van der Waals surface area (Å²) in [6.45, 7) is 2.27. The second kappa shape index (κ2) is 6.63. The summed E-state index contributed by atoms with van der Waals surface area (Å²) in [5.74, 6) is 1.52. The molecule has 0 amide bonds. The van der Waals surface area contributed by atoms with Gasteiger partial charge in [0, 0.05) is 42.7 Å². The number of phenolic OH excluding ortho intramolecular Hbond substituents is 1. The van der Waals surface area contributed by atoms with E-state index in [1.165, 1.54) is 0 Å². The molecule has 1 aromatic carbocycles. The van der Waals surface area contributed by atoms with E-state index in [2.05, 4.69) is 0 Å². The second-order valence-corrected chi connectivity index (χ2v) is 6.92. The summed E-state index contributed by atoms with van der Waals surface area (Å²) in [5, 5.41) is 10.0. The van der Waals surface area contributed by atoms with Crippen LogP contribution in [0.2, 0.25) is 0 Å². The van der Waals surface area contributed by atoms with Crippen molar-refractivity contribution in [3.63, 3.8) is 0 Å². The lowest BCUT2D eigenvalue weighted by Crippen LogP contribution is -2.30. The number of aromatic hydroxyl groups is 1. The lowest BCUT2D eigenvalue weighted by atomic mass is 9.73. The Labute approximate surface area is 152 Å². The zero-order valence-corrected chi connectivity index (χ0v) is 14.8. The maximum absolute atomic E-state index is 12.7. The molecule has 2 aliphatic carbocycles. The Kier molecular flexibility index (Phi) is 4.31. The fourth-order valence-electron chi connectivity index (χ4n) is 4.13. The number of hydrogen-bond acceptors (Lipinski definition) is 5.